The van der Waals surface area contributed by atoms with Crippen molar-refractivity contribution in [3.05, 3.63) is 0 Å². The number of nitrogens with zero attached hydrogens (tertiary/aromatic N) is 1. The standard InChI is InChI=1S/C17H30N2O/c1-15(2)8-13-9-16(3,11-15)12-19(13)14(20)10-17(18)6-4-5-7-17/h13H,4-12,18H2,1-3H3. The Balaban J connectivity index is 1.70. The van der Waals surface area contributed by atoms with Crippen LogP contribution >= 0.6 is 0 Å². The molecule has 2 aliphatic carbocycles. The molecule has 1 heterocycles. The lowest BCUT2D eigenvalue weighted by Crippen LogP contribution is -2.45. The van der Waals surface area contributed by atoms with Crippen molar-refractivity contribution < 1.29 is 4.79 Å². The molecule has 1 amide bonds. The van der Waals surface area contributed by atoms with E-state index in [-0.39, 0.29) is 5.54 Å². The molecule has 3 heteroatoms. The molecule has 0 aromatic rings. The lowest BCUT2D eigenvalue weighted by Gasteiger charge is -2.39. The molecule has 114 valence electrons. The fourth-order valence-corrected chi connectivity index (χ4v) is 5.41. The molecule has 3 rings (SSSR count). The quantitative estimate of drug-likeness (QED) is 0.843. The smallest absolute Gasteiger partial charge is 0.224 e. The van der Waals surface area contributed by atoms with Gasteiger partial charge in [-0.2, -0.15) is 0 Å². The maximum Gasteiger partial charge on any atom is 0.224 e. The third-order valence-corrected chi connectivity index (χ3v) is 5.84. The van der Waals surface area contributed by atoms with E-state index in [1.807, 2.05) is 0 Å². The summed E-state index contributed by atoms with van der Waals surface area (Å²) in [4.78, 5) is 14.9. The second-order valence-corrected chi connectivity index (χ2v) is 8.98. The van der Waals surface area contributed by atoms with Gasteiger partial charge in [-0.1, -0.05) is 33.6 Å². The van der Waals surface area contributed by atoms with Crippen LogP contribution in [0, 0.1) is 10.8 Å². The zero-order valence-corrected chi connectivity index (χ0v) is 13.4. The second kappa shape index (κ2) is 4.46. The Morgan fingerprint density at radius 2 is 1.85 bits per heavy atom. The van der Waals surface area contributed by atoms with Crippen LogP contribution in [0.4, 0.5) is 0 Å². The molecule has 2 unspecified atom stereocenters. The normalized spacial score (nSPS) is 38.2. The summed E-state index contributed by atoms with van der Waals surface area (Å²) in [6, 6.07) is 0.459. The van der Waals surface area contributed by atoms with Crippen LogP contribution in [0.2, 0.25) is 0 Å². The molecular weight excluding hydrogens is 248 g/mol. The second-order valence-electron chi connectivity index (χ2n) is 8.98. The summed E-state index contributed by atoms with van der Waals surface area (Å²) in [6.45, 7) is 8.03. The first-order chi connectivity index (χ1) is 9.21. The fraction of sp³-hybridized carbons (Fsp3) is 0.941. The van der Waals surface area contributed by atoms with Gasteiger partial charge in [0.15, 0.2) is 0 Å². The lowest BCUT2D eigenvalue weighted by molar-refractivity contribution is -0.133. The Morgan fingerprint density at radius 3 is 2.50 bits per heavy atom. The molecule has 3 fully saturated rings. The van der Waals surface area contributed by atoms with Crippen LogP contribution in [0.15, 0.2) is 0 Å². The molecule has 2 atom stereocenters. The third-order valence-electron chi connectivity index (χ3n) is 5.84. The highest BCUT2D eigenvalue weighted by molar-refractivity contribution is 5.78. The summed E-state index contributed by atoms with van der Waals surface area (Å²) in [5.74, 6) is 0.320. The van der Waals surface area contributed by atoms with Crippen molar-refractivity contribution in [2.75, 3.05) is 6.54 Å². The maximum atomic E-state index is 12.7. The van der Waals surface area contributed by atoms with E-state index in [9.17, 15) is 4.79 Å². The van der Waals surface area contributed by atoms with E-state index < -0.39 is 0 Å². The number of hydrogen-bond acceptors (Lipinski definition) is 2. The average Bonchev–Trinajstić information content (AvgIpc) is 2.79. The molecule has 1 aliphatic heterocycles. The number of hydrogen-bond donors (Lipinski definition) is 1. The van der Waals surface area contributed by atoms with Gasteiger partial charge in [-0.15, -0.1) is 0 Å². The Kier molecular flexibility index (Phi) is 3.20. The van der Waals surface area contributed by atoms with Crippen LogP contribution in [0.3, 0.4) is 0 Å². The van der Waals surface area contributed by atoms with Gasteiger partial charge >= 0.3 is 0 Å². The molecule has 1 saturated heterocycles. The number of carbonyl (C=O) groups excluding carboxylic acids is 1. The molecule has 0 spiro atoms. The molecule has 0 radical (unpaired) electrons. The summed E-state index contributed by atoms with van der Waals surface area (Å²) >= 11 is 0. The highest BCUT2D eigenvalue weighted by Gasteiger charge is 2.51. The van der Waals surface area contributed by atoms with Crippen molar-refractivity contribution in [2.45, 2.75) is 83.7 Å². The predicted octanol–water partition coefficient (Wildman–Crippen LogP) is 3.08. The van der Waals surface area contributed by atoms with Crippen LogP contribution < -0.4 is 5.73 Å². The highest BCUT2D eigenvalue weighted by Crippen LogP contribution is 2.52. The van der Waals surface area contributed by atoms with Crippen LogP contribution in [0.1, 0.15) is 72.1 Å². The van der Waals surface area contributed by atoms with Gasteiger partial charge in [0.25, 0.3) is 0 Å². The van der Waals surface area contributed by atoms with Gasteiger partial charge < -0.3 is 10.6 Å². The zero-order valence-electron chi connectivity index (χ0n) is 13.4. The Morgan fingerprint density at radius 1 is 1.20 bits per heavy atom. The fourth-order valence-electron chi connectivity index (χ4n) is 5.41. The Labute approximate surface area is 123 Å². The molecule has 0 aromatic heterocycles. The van der Waals surface area contributed by atoms with Gasteiger partial charge in [-0.3, -0.25) is 4.79 Å². The van der Waals surface area contributed by atoms with Crippen molar-refractivity contribution in [1.82, 2.24) is 4.90 Å². The highest BCUT2D eigenvalue weighted by atomic mass is 16.2. The third kappa shape index (κ3) is 2.61. The summed E-state index contributed by atoms with van der Waals surface area (Å²) in [6.07, 6.45) is 8.61. The molecule has 2 saturated carbocycles. The van der Waals surface area contributed by atoms with E-state index in [1.54, 1.807) is 0 Å². The first kappa shape index (κ1) is 14.4. The minimum absolute atomic E-state index is 0.204. The largest absolute Gasteiger partial charge is 0.339 e. The number of nitrogens with two attached hydrogens (primary N) is 1. The topological polar surface area (TPSA) is 46.3 Å². The lowest BCUT2D eigenvalue weighted by atomic mass is 9.65. The van der Waals surface area contributed by atoms with Gasteiger partial charge in [0.05, 0.1) is 0 Å². The zero-order chi connectivity index (χ0) is 14.6. The minimum atomic E-state index is -0.204. The van der Waals surface area contributed by atoms with Crippen molar-refractivity contribution in [1.29, 1.82) is 0 Å². The number of carbonyl (C=O) groups is 1. The number of likely N-dealkylation sites (tertiary alicyclic amines) is 1. The van der Waals surface area contributed by atoms with Crippen molar-refractivity contribution in [3.8, 4) is 0 Å². The molecular formula is C17H30N2O. The first-order valence-electron chi connectivity index (χ1n) is 8.29. The van der Waals surface area contributed by atoms with E-state index in [0.29, 0.717) is 29.2 Å². The van der Waals surface area contributed by atoms with Crippen molar-refractivity contribution >= 4 is 5.91 Å². The monoisotopic (exact) mass is 278 g/mol. The number of amides is 1. The maximum absolute atomic E-state index is 12.7. The predicted molar refractivity (Wildman–Crippen MR) is 81.2 cm³/mol. The average molecular weight is 278 g/mol. The van der Waals surface area contributed by atoms with Gasteiger partial charge in [-0.05, 0) is 42.9 Å². The van der Waals surface area contributed by atoms with Gasteiger partial charge in [0.2, 0.25) is 5.91 Å². The summed E-state index contributed by atoms with van der Waals surface area (Å²) in [5, 5.41) is 0. The molecule has 0 aromatic carbocycles. The van der Waals surface area contributed by atoms with Crippen molar-refractivity contribution in [2.24, 2.45) is 16.6 Å². The van der Waals surface area contributed by atoms with Crippen LogP contribution in [-0.4, -0.2) is 28.9 Å². The molecule has 2 N–H and O–H groups in total. The van der Waals surface area contributed by atoms with E-state index in [4.69, 9.17) is 5.73 Å². The SMILES string of the molecule is CC1(C)CC2CC(C)(CN2C(=O)CC2(N)CCCC2)C1. The summed E-state index contributed by atoms with van der Waals surface area (Å²) in [5.41, 5.74) is 6.91. The van der Waals surface area contributed by atoms with Gasteiger partial charge in [0.1, 0.15) is 0 Å². The minimum Gasteiger partial charge on any atom is -0.339 e. The van der Waals surface area contributed by atoms with Crippen molar-refractivity contribution in [3.63, 3.8) is 0 Å². The van der Waals surface area contributed by atoms with Crippen LogP contribution in [0.5, 0.6) is 0 Å². The van der Waals surface area contributed by atoms with Crippen LogP contribution in [0.25, 0.3) is 0 Å². The van der Waals surface area contributed by atoms with E-state index >= 15 is 0 Å². The van der Waals surface area contributed by atoms with E-state index in [0.717, 1.165) is 25.8 Å². The Bertz CT molecular complexity index is 411. The summed E-state index contributed by atoms with van der Waals surface area (Å²) < 4.78 is 0. The van der Waals surface area contributed by atoms with E-state index in [1.165, 1.54) is 25.7 Å². The van der Waals surface area contributed by atoms with Gasteiger partial charge in [-0.25, -0.2) is 0 Å². The first-order valence-corrected chi connectivity index (χ1v) is 8.29. The molecule has 3 nitrogen and oxygen atoms in total. The molecule has 2 bridgehead atoms. The molecule has 20 heavy (non-hydrogen) atoms. The number of fused-ring (bicyclic) bond motifs is 2. The van der Waals surface area contributed by atoms with Gasteiger partial charge in [0, 0.05) is 24.5 Å². The summed E-state index contributed by atoms with van der Waals surface area (Å²) in [7, 11) is 0. The number of rotatable bonds is 2. The van der Waals surface area contributed by atoms with E-state index in [2.05, 4.69) is 25.7 Å². The van der Waals surface area contributed by atoms with Crippen LogP contribution in [-0.2, 0) is 4.79 Å². The molecule has 3 aliphatic rings. The Hall–Kier alpha value is -0.570.